The Balaban J connectivity index is 1.85. The van der Waals surface area contributed by atoms with Crippen LogP contribution in [0.15, 0.2) is 53.1 Å². The van der Waals surface area contributed by atoms with Gasteiger partial charge in [-0.1, -0.05) is 11.2 Å². The van der Waals surface area contributed by atoms with Crippen molar-refractivity contribution in [3.05, 3.63) is 65.8 Å². The minimum atomic E-state index is -0.452. The molecule has 1 amide bonds. The lowest BCUT2D eigenvalue weighted by atomic mass is 10.2. The fourth-order valence-corrected chi connectivity index (χ4v) is 3.00. The van der Waals surface area contributed by atoms with Gasteiger partial charge in [0.25, 0.3) is 5.91 Å². The highest BCUT2D eigenvalue weighted by Gasteiger charge is 2.20. The van der Waals surface area contributed by atoms with Crippen LogP contribution in [0.1, 0.15) is 30.1 Å². The van der Waals surface area contributed by atoms with Crippen molar-refractivity contribution in [3.8, 4) is 11.4 Å². The monoisotopic (exact) mass is 394 g/mol. The van der Waals surface area contributed by atoms with Gasteiger partial charge in [0.2, 0.25) is 0 Å². The van der Waals surface area contributed by atoms with Crippen molar-refractivity contribution in [2.24, 2.45) is 0 Å². The Hall–Kier alpha value is -3.68. The molecule has 7 nitrogen and oxygen atoms in total. The van der Waals surface area contributed by atoms with E-state index in [2.05, 4.69) is 15.6 Å². The summed E-state index contributed by atoms with van der Waals surface area (Å²) in [6, 6.07) is 13.0. The topological polar surface area (TPSA) is 82.2 Å². The highest BCUT2D eigenvalue weighted by Crippen LogP contribution is 2.34. The molecule has 4 aromatic rings. The minimum Gasteiger partial charge on any atom is -0.490 e. The molecule has 2 aromatic heterocycles. The lowest BCUT2D eigenvalue weighted by Crippen LogP contribution is -2.13. The fraction of sp³-hybridized carbons (Fsp3) is 0.190. The van der Waals surface area contributed by atoms with Gasteiger partial charge in [-0.05, 0) is 57.2 Å². The average molecular weight is 394 g/mol. The van der Waals surface area contributed by atoms with Crippen molar-refractivity contribution in [2.45, 2.75) is 26.9 Å². The molecule has 148 valence electrons. The number of amides is 1. The molecule has 4 rings (SSSR count). The number of nitrogens with zero attached hydrogens (tertiary/aromatic N) is 3. The molecule has 0 radical (unpaired) electrons. The zero-order valence-electron chi connectivity index (χ0n) is 16.1. The first-order valence-corrected chi connectivity index (χ1v) is 9.11. The Morgan fingerprint density at radius 3 is 2.62 bits per heavy atom. The summed E-state index contributed by atoms with van der Waals surface area (Å²) in [5, 5.41) is 11.7. The third kappa shape index (κ3) is 3.69. The number of halogens is 1. The average Bonchev–Trinajstić information content (AvgIpc) is 3.27. The molecule has 1 N–H and O–H groups in total. The summed E-state index contributed by atoms with van der Waals surface area (Å²) >= 11 is 0. The van der Waals surface area contributed by atoms with Gasteiger partial charge in [-0.3, -0.25) is 4.79 Å². The number of fused-ring (bicyclic) bond motifs is 1. The molecule has 0 aliphatic heterocycles. The summed E-state index contributed by atoms with van der Waals surface area (Å²) in [7, 11) is 0. The number of carbonyl (C=O) groups is 1. The van der Waals surface area contributed by atoms with Crippen LogP contribution in [0.4, 0.5) is 10.2 Å². The van der Waals surface area contributed by atoms with Crippen LogP contribution >= 0.6 is 0 Å². The predicted molar refractivity (Wildman–Crippen MR) is 106 cm³/mol. The quantitative estimate of drug-likeness (QED) is 0.539. The zero-order chi connectivity index (χ0) is 20.5. The molecule has 29 heavy (non-hydrogen) atoms. The number of carbonyl (C=O) groups excluding carboxylic acids is 1. The summed E-state index contributed by atoms with van der Waals surface area (Å²) in [6.07, 6.45) is -0.0727. The molecular weight excluding hydrogens is 375 g/mol. The van der Waals surface area contributed by atoms with Gasteiger partial charge >= 0.3 is 0 Å². The highest BCUT2D eigenvalue weighted by molar-refractivity contribution is 6.08. The first-order valence-electron chi connectivity index (χ1n) is 9.11. The third-order valence-electron chi connectivity index (χ3n) is 4.20. The fourth-order valence-electron chi connectivity index (χ4n) is 3.00. The van der Waals surface area contributed by atoms with E-state index < -0.39 is 5.91 Å². The van der Waals surface area contributed by atoms with Crippen LogP contribution in [0.2, 0.25) is 0 Å². The predicted octanol–water partition coefficient (Wildman–Crippen LogP) is 4.50. The number of benzene rings is 2. The first-order chi connectivity index (χ1) is 13.9. The van der Waals surface area contributed by atoms with Crippen LogP contribution in [0.25, 0.3) is 16.6 Å². The zero-order valence-corrected chi connectivity index (χ0v) is 16.1. The first kappa shape index (κ1) is 18.7. The second kappa shape index (κ2) is 7.38. The molecule has 0 saturated carbocycles. The van der Waals surface area contributed by atoms with Gasteiger partial charge in [0.05, 0.1) is 22.7 Å². The van der Waals surface area contributed by atoms with Crippen molar-refractivity contribution < 1.29 is 18.4 Å². The number of rotatable bonds is 5. The maximum Gasteiger partial charge on any atom is 0.279 e. The van der Waals surface area contributed by atoms with Crippen molar-refractivity contribution in [1.29, 1.82) is 0 Å². The van der Waals surface area contributed by atoms with Gasteiger partial charge in [0.15, 0.2) is 11.5 Å². The lowest BCUT2D eigenvalue weighted by molar-refractivity contribution is 0.101. The number of hydrogen-bond donors (Lipinski definition) is 1. The highest BCUT2D eigenvalue weighted by atomic mass is 19.1. The summed E-state index contributed by atoms with van der Waals surface area (Å²) in [6.45, 7) is 5.54. The van der Waals surface area contributed by atoms with E-state index in [0.717, 1.165) is 0 Å². The molecule has 0 saturated heterocycles. The van der Waals surface area contributed by atoms with Gasteiger partial charge in [-0.2, -0.15) is 0 Å². The molecule has 2 heterocycles. The van der Waals surface area contributed by atoms with E-state index in [9.17, 15) is 9.18 Å². The van der Waals surface area contributed by atoms with Crippen LogP contribution in [-0.4, -0.2) is 26.9 Å². The summed E-state index contributed by atoms with van der Waals surface area (Å²) in [5.74, 6) is 0.625. The lowest BCUT2D eigenvalue weighted by Gasteiger charge is -2.11. The molecule has 0 unspecified atom stereocenters. The number of hydrogen-bond acceptors (Lipinski definition) is 5. The van der Waals surface area contributed by atoms with E-state index in [-0.39, 0.29) is 17.6 Å². The van der Waals surface area contributed by atoms with E-state index in [4.69, 9.17) is 9.26 Å². The van der Waals surface area contributed by atoms with Crippen molar-refractivity contribution in [2.75, 3.05) is 5.32 Å². The number of ether oxygens (including phenoxy) is 1. The van der Waals surface area contributed by atoms with E-state index >= 15 is 0 Å². The van der Waals surface area contributed by atoms with Crippen LogP contribution < -0.4 is 10.1 Å². The molecule has 8 heteroatoms. The largest absolute Gasteiger partial charge is 0.490 e. The standard InChI is InChI=1S/C21H19FN4O3/c1-12(2)28-18-6-4-5-17-19(18)20(23-21(27)16-11-13(3)29-25-16)24-26(17)15-9-7-14(22)8-10-15/h4-12H,1-3H3,(H,23,24,27). The Bertz CT molecular complexity index is 1180. The van der Waals surface area contributed by atoms with E-state index in [0.29, 0.717) is 33.9 Å². The SMILES string of the molecule is Cc1cc(C(=O)Nc2nn(-c3ccc(F)cc3)c3cccc(OC(C)C)c23)no1. The number of anilines is 1. The second-order valence-corrected chi connectivity index (χ2v) is 6.83. The van der Waals surface area contributed by atoms with Crippen molar-refractivity contribution in [3.63, 3.8) is 0 Å². The van der Waals surface area contributed by atoms with E-state index in [1.165, 1.54) is 12.1 Å². The molecular formula is C21H19FN4O3. The van der Waals surface area contributed by atoms with E-state index in [1.54, 1.807) is 29.8 Å². The van der Waals surface area contributed by atoms with Crippen LogP contribution in [-0.2, 0) is 0 Å². The van der Waals surface area contributed by atoms with Crippen molar-refractivity contribution in [1.82, 2.24) is 14.9 Å². The summed E-state index contributed by atoms with van der Waals surface area (Å²) < 4.78 is 25.9. The molecule has 0 bridgehead atoms. The Morgan fingerprint density at radius 1 is 1.21 bits per heavy atom. The molecule has 0 aliphatic rings. The van der Waals surface area contributed by atoms with Gasteiger partial charge in [0, 0.05) is 6.07 Å². The molecule has 0 fully saturated rings. The normalized spacial score (nSPS) is 11.2. The molecule has 0 atom stereocenters. The minimum absolute atomic E-state index is 0.0727. The third-order valence-corrected chi connectivity index (χ3v) is 4.20. The Kier molecular flexibility index (Phi) is 4.75. The van der Waals surface area contributed by atoms with Crippen LogP contribution in [0.5, 0.6) is 5.75 Å². The van der Waals surface area contributed by atoms with Crippen LogP contribution in [0.3, 0.4) is 0 Å². The molecule has 0 spiro atoms. The Morgan fingerprint density at radius 2 is 1.97 bits per heavy atom. The van der Waals surface area contributed by atoms with Gasteiger partial charge < -0.3 is 14.6 Å². The van der Waals surface area contributed by atoms with Crippen molar-refractivity contribution >= 4 is 22.6 Å². The number of aromatic nitrogens is 3. The van der Waals surface area contributed by atoms with E-state index in [1.807, 2.05) is 32.0 Å². The molecule has 0 aliphatic carbocycles. The summed E-state index contributed by atoms with van der Waals surface area (Å²) in [5.41, 5.74) is 1.51. The smallest absolute Gasteiger partial charge is 0.279 e. The van der Waals surface area contributed by atoms with Crippen LogP contribution in [0, 0.1) is 12.7 Å². The van der Waals surface area contributed by atoms with Gasteiger partial charge in [-0.25, -0.2) is 9.07 Å². The van der Waals surface area contributed by atoms with Gasteiger partial charge in [0.1, 0.15) is 17.3 Å². The van der Waals surface area contributed by atoms with Gasteiger partial charge in [-0.15, -0.1) is 5.10 Å². The second-order valence-electron chi connectivity index (χ2n) is 6.83. The Labute approximate surface area is 166 Å². The number of nitrogens with one attached hydrogen (secondary N) is 1. The molecule has 2 aromatic carbocycles. The maximum absolute atomic E-state index is 13.4. The summed E-state index contributed by atoms with van der Waals surface area (Å²) in [4.78, 5) is 12.6. The number of aryl methyl sites for hydroxylation is 1. The maximum atomic E-state index is 13.4.